The number of halogens is 1. The fraction of sp³-hybridized carbons (Fsp3) is 0.900. The highest BCUT2D eigenvalue weighted by atomic mass is 79.9. The van der Waals surface area contributed by atoms with Crippen LogP contribution in [0.1, 0.15) is 34.1 Å². The molecule has 2 nitrogen and oxygen atoms in total. The lowest BCUT2D eigenvalue weighted by molar-refractivity contribution is -0.125. The molecule has 0 aromatic heterocycles. The maximum Gasteiger partial charge on any atom is 0.222 e. The van der Waals surface area contributed by atoms with Crippen molar-refractivity contribution in [2.45, 2.75) is 40.2 Å². The first-order chi connectivity index (χ1) is 5.99. The van der Waals surface area contributed by atoms with E-state index in [1.807, 2.05) is 13.8 Å². The van der Waals surface area contributed by atoms with Crippen molar-refractivity contribution in [3.63, 3.8) is 0 Å². The molecular weight excluding hydrogens is 230 g/mol. The summed E-state index contributed by atoms with van der Waals surface area (Å²) in [7, 11) is 0. The van der Waals surface area contributed by atoms with E-state index in [0.29, 0.717) is 12.0 Å². The first-order valence-corrected chi connectivity index (χ1v) is 5.97. The van der Waals surface area contributed by atoms with Crippen LogP contribution >= 0.6 is 15.9 Å². The van der Waals surface area contributed by atoms with Crippen LogP contribution in [0.15, 0.2) is 0 Å². The van der Waals surface area contributed by atoms with Gasteiger partial charge >= 0.3 is 0 Å². The molecule has 0 bridgehead atoms. The van der Waals surface area contributed by atoms with Gasteiger partial charge in [-0.3, -0.25) is 4.79 Å². The third-order valence-electron chi connectivity index (χ3n) is 2.08. The minimum atomic E-state index is 0.0802. The fourth-order valence-electron chi connectivity index (χ4n) is 1.04. The van der Waals surface area contributed by atoms with E-state index in [9.17, 15) is 4.79 Å². The van der Waals surface area contributed by atoms with E-state index in [2.05, 4.69) is 35.1 Å². The lowest BCUT2D eigenvalue weighted by Gasteiger charge is -2.22. The van der Waals surface area contributed by atoms with Crippen molar-refractivity contribution in [1.29, 1.82) is 0 Å². The Morgan fingerprint density at radius 3 is 2.15 bits per heavy atom. The van der Waals surface area contributed by atoms with Crippen LogP contribution in [0, 0.1) is 11.8 Å². The molecule has 1 unspecified atom stereocenters. The number of nitrogens with one attached hydrogen (secondary N) is 1. The quantitative estimate of drug-likeness (QED) is 0.746. The van der Waals surface area contributed by atoms with Crippen LogP contribution in [-0.4, -0.2) is 17.3 Å². The summed E-state index contributed by atoms with van der Waals surface area (Å²) >= 11 is 3.39. The largest absolute Gasteiger partial charge is 0.353 e. The predicted molar refractivity (Wildman–Crippen MR) is 60.0 cm³/mol. The molecule has 0 saturated heterocycles. The van der Waals surface area contributed by atoms with Gasteiger partial charge in [0.1, 0.15) is 0 Å². The molecule has 1 atom stereocenters. The third kappa shape index (κ3) is 5.29. The van der Waals surface area contributed by atoms with Crippen LogP contribution in [0.4, 0.5) is 0 Å². The van der Waals surface area contributed by atoms with Gasteiger partial charge in [-0.1, -0.05) is 43.6 Å². The second-order valence-corrected chi connectivity index (χ2v) is 4.78. The van der Waals surface area contributed by atoms with Gasteiger partial charge in [0.15, 0.2) is 0 Å². The highest BCUT2D eigenvalue weighted by Gasteiger charge is 2.16. The summed E-state index contributed by atoms with van der Waals surface area (Å²) in [6.07, 6.45) is 0.996. The summed E-state index contributed by atoms with van der Waals surface area (Å²) in [6.45, 7) is 8.10. The van der Waals surface area contributed by atoms with E-state index in [1.54, 1.807) is 0 Å². The van der Waals surface area contributed by atoms with Gasteiger partial charge in [0.05, 0.1) is 0 Å². The molecular formula is C10H20BrNO. The molecule has 0 aromatic rings. The molecule has 0 spiro atoms. The zero-order chi connectivity index (χ0) is 10.4. The van der Waals surface area contributed by atoms with E-state index in [4.69, 9.17) is 0 Å². The molecule has 0 aliphatic rings. The van der Waals surface area contributed by atoms with E-state index < -0.39 is 0 Å². The molecule has 0 saturated carbocycles. The Bertz CT molecular complexity index is 157. The van der Waals surface area contributed by atoms with Crippen molar-refractivity contribution in [2.24, 2.45) is 11.8 Å². The normalized spacial score (nSPS) is 13.5. The molecule has 0 radical (unpaired) electrons. The first-order valence-electron chi connectivity index (χ1n) is 4.85. The van der Waals surface area contributed by atoms with Gasteiger partial charge in [0.25, 0.3) is 0 Å². The van der Waals surface area contributed by atoms with Gasteiger partial charge in [0.2, 0.25) is 5.91 Å². The van der Waals surface area contributed by atoms with E-state index in [-0.39, 0.29) is 11.8 Å². The van der Waals surface area contributed by atoms with Crippen LogP contribution in [0.2, 0.25) is 0 Å². The average molecular weight is 250 g/mol. The highest BCUT2D eigenvalue weighted by Crippen LogP contribution is 2.08. The van der Waals surface area contributed by atoms with E-state index >= 15 is 0 Å². The smallest absolute Gasteiger partial charge is 0.222 e. The van der Waals surface area contributed by atoms with Crippen LogP contribution < -0.4 is 5.32 Å². The summed E-state index contributed by atoms with van der Waals surface area (Å²) in [5, 5.41) is 3.99. The summed E-state index contributed by atoms with van der Waals surface area (Å²) in [5.74, 6) is 0.733. The van der Waals surface area contributed by atoms with Crippen LogP contribution in [-0.2, 0) is 4.79 Å². The number of amides is 1. The van der Waals surface area contributed by atoms with Crippen LogP contribution in [0.3, 0.4) is 0 Å². The predicted octanol–water partition coefficient (Wildman–Crippen LogP) is 2.57. The number of carbonyl (C=O) groups excluding carboxylic acids is 1. The molecule has 0 fully saturated rings. The molecule has 3 heteroatoms. The zero-order valence-corrected chi connectivity index (χ0v) is 10.5. The topological polar surface area (TPSA) is 29.1 Å². The summed E-state index contributed by atoms with van der Waals surface area (Å²) < 4.78 is 0. The van der Waals surface area contributed by atoms with Crippen molar-refractivity contribution < 1.29 is 4.79 Å². The van der Waals surface area contributed by atoms with Gasteiger partial charge in [0, 0.05) is 17.3 Å². The molecule has 0 aromatic carbocycles. The van der Waals surface area contributed by atoms with Crippen molar-refractivity contribution in [2.75, 3.05) is 5.33 Å². The summed E-state index contributed by atoms with van der Waals surface area (Å²) in [5.41, 5.74) is 0. The van der Waals surface area contributed by atoms with Crippen LogP contribution in [0.5, 0.6) is 0 Å². The van der Waals surface area contributed by atoms with Gasteiger partial charge in [-0.15, -0.1) is 0 Å². The number of hydrogen-bond acceptors (Lipinski definition) is 1. The number of alkyl halides is 1. The standard InChI is InChI=1S/C10H20BrNO/c1-7(2)9(5-6-11)12-10(13)8(3)4/h7-9H,5-6H2,1-4H3,(H,12,13). The Kier molecular flexibility index (Phi) is 6.39. The molecule has 13 heavy (non-hydrogen) atoms. The van der Waals surface area contributed by atoms with Crippen molar-refractivity contribution in [1.82, 2.24) is 5.32 Å². The van der Waals surface area contributed by atoms with E-state index in [0.717, 1.165) is 11.8 Å². The maximum atomic E-state index is 11.4. The Balaban J connectivity index is 4.02. The number of hydrogen-bond donors (Lipinski definition) is 1. The molecule has 0 rings (SSSR count). The zero-order valence-electron chi connectivity index (χ0n) is 8.93. The monoisotopic (exact) mass is 249 g/mol. The Hall–Kier alpha value is -0.0500. The van der Waals surface area contributed by atoms with Gasteiger partial charge in [-0.2, -0.15) is 0 Å². The van der Waals surface area contributed by atoms with Gasteiger partial charge in [-0.05, 0) is 12.3 Å². The average Bonchev–Trinajstić information content (AvgIpc) is 2.03. The lowest BCUT2D eigenvalue weighted by Crippen LogP contribution is -2.40. The molecule has 0 heterocycles. The van der Waals surface area contributed by atoms with Gasteiger partial charge < -0.3 is 5.32 Å². The SMILES string of the molecule is CC(C)C(=O)NC(CCBr)C(C)C. The minimum absolute atomic E-state index is 0.0802. The maximum absolute atomic E-state index is 11.4. The number of carbonyl (C=O) groups is 1. The number of rotatable bonds is 5. The highest BCUT2D eigenvalue weighted by molar-refractivity contribution is 9.09. The van der Waals surface area contributed by atoms with E-state index in [1.165, 1.54) is 0 Å². The second kappa shape index (κ2) is 6.41. The van der Waals surface area contributed by atoms with Crippen molar-refractivity contribution in [3.05, 3.63) is 0 Å². The second-order valence-electron chi connectivity index (χ2n) is 3.99. The molecule has 1 N–H and O–H groups in total. The Labute approximate surface area is 89.6 Å². The summed E-state index contributed by atoms with van der Waals surface area (Å²) in [6, 6.07) is 0.300. The Morgan fingerprint density at radius 2 is 1.85 bits per heavy atom. The summed E-state index contributed by atoms with van der Waals surface area (Å²) in [4.78, 5) is 11.4. The Morgan fingerprint density at radius 1 is 1.31 bits per heavy atom. The minimum Gasteiger partial charge on any atom is -0.353 e. The third-order valence-corrected chi connectivity index (χ3v) is 2.53. The molecule has 0 aliphatic carbocycles. The molecule has 1 amide bonds. The molecule has 0 aliphatic heterocycles. The van der Waals surface area contributed by atoms with Crippen LogP contribution in [0.25, 0.3) is 0 Å². The van der Waals surface area contributed by atoms with Gasteiger partial charge in [-0.25, -0.2) is 0 Å². The lowest BCUT2D eigenvalue weighted by atomic mass is 10.0. The fourth-order valence-corrected chi connectivity index (χ4v) is 1.53. The van der Waals surface area contributed by atoms with Crippen molar-refractivity contribution in [3.8, 4) is 0 Å². The first kappa shape index (κ1) is 12.9. The van der Waals surface area contributed by atoms with Crippen molar-refractivity contribution >= 4 is 21.8 Å². The molecule has 78 valence electrons.